The van der Waals surface area contributed by atoms with E-state index in [2.05, 4.69) is 4.74 Å². The second-order valence-electron chi connectivity index (χ2n) is 3.56. The Morgan fingerprint density at radius 3 is 1.29 bits per heavy atom. The zero-order valence-corrected chi connectivity index (χ0v) is 11.1. The maximum atomic E-state index is 9.82. The average molecular weight is 250 g/mol. The Morgan fingerprint density at radius 2 is 1.24 bits per heavy atom. The number of hydrogen-bond donors (Lipinski definition) is 1. The zero-order chi connectivity index (χ0) is 12.8. The summed E-state index contributed by atoms with van der Waals surface area (Å²) in [6.07, 6.45) is 9.00. The van der Waals surface area contributed by atoms with Crippen LogP contribution in [0.3, 0.4) is 0 Å². The van der Waals surface area contributed by atoms with Crippen LogP contribution in [-0.2, 0) is 14.3 Å². The highest BCUT2D eigenvalue weighted by molar-refractivity contribution is 5.65. The molecule has 1 saturated carbocycles. The minimum absolute atomic E-state index is 0. The van der Waals surface area contributed by atoms with Crippen LogP contribution in [0.25, 0.3) is 0 Å². The van der Waals surface area contributed by atoms with Gasteiger partial charge < -0.3 is 15.3 Å². The van der Waals surface area contributed by atoms with Crippen LogP contribution in [0.15, 0.2) is 0 Å². The van der Waals surface area contributed by atoms with Crippen LogP contribution in [0.4, 0.5) is 0 Å². The summed E-state index contributed by atoms with van der Waals surface area (Å²) in [6, 6.07) is 0. The maximum Gasteiger partial charge on any atom is 0.302 e. The van der Waals surface area contributed by atoms with E-state index < -0.39 is 5.97 Å². The van der Waals surface area contributed by atoms with Gasteiger partial charge in [0.15, 0.2) is 0 Å². The number of carboxylic acid groups (broad SMARTS) is 1. The van der Waals surface area contributed by atoms with Gasteiger partial charge >= 0.3 is 5.97 Å². The van der Waals surface area contributed by atoms with Crippen LogP contribution >= 0.6 is 0 Å². The summed E-state index contributed by atoms with van der Waals surface area (Å²) in [7, 11) is 0. The van der Waals surface area contributed by atoms with Crippen molar-refractivity contribution in [3.8, 4) is 0 Å². The molecule has 0 aromatic carbocycles. The van der Waals surface area contributed by atoms with Crippen LogP contribution < -0.4 is 0 Å². The molecule has 5 heteroatoms. The molecule has 0 bridgehead atoms. The van der Waals surface area contributed by atoms with Crippen molar-refractivity contribution < 1.29 is 24.9 Å². The number of carboxylic acids is 1. The number of carbonyl (C=O) groups excluding carboxylic acids is 1. The first-order valence-electron chi connectivity index (χ1n) is 5.83. The molecule has 0 radical (unpaired) electrons. The summed E-state index contributed by atoms with van der Waals surface area (Å²) in [5, 5.41) is 7.42. The predicted molar refractivity (Wildman–Crippen MR) is 66.9 cm³/mol. The summed E-state index contributed by atoms with van der Waals surface area (Å²) < 4.78 is 4.40. The van der Waals surface area contributed by atoms with E-state index in [4.69, 9.17) is 9.90 Å². The normalized spacial score (nSPS) is 12.6. The molecule has 0 atom stereocenters. The van der Waals surface area contributed by atoms with Gasteiger partial charge in [0.05, 0.1) is 6.61 Å². The van der Waals surface area contributed by atoms with E-state index in [1.165, 1.54) is 45.4 Å². The highest BCUT2D eigenvalue weighted by atomic mass is 16.5. The van der Waals surface area contributed by atoms with Crippen LogP contribution in [-0.4, -0.2) is 29.1 Å². The first-order valence-corrected chi connectivity index (χ1v) is 5.83. The molecule has 0 aromatic heterocycles. The van der Waals surface area contributed by atoms with Gasteiger partial charge in [-0.05, 0) is 6.92 Å². The fourth-order valence-electron chi connectivity index (χ4n) is 1.26. The number of rotatable bonds is 1. The monoisotopic (exact) mass is 250 g/mol. The van der Waals surface area contributed by atoms with Gasteiger partial charge in [-0.3, -0.25) is 9.59 Å². The molecule has 0 saturated heterocycles. The zero-order valence-electron chi connectivity index (χ0n) is 11.1. The summed E-state index contributed by atoms with van der Waals surface area (Å²) in [5.41, 5.74) is 0. The van der Waals surface area contributed by atoms with E-state index in [-0.39, 0.29) is 11.4 Å². The number of hydrogen-bond acceptors (Lipinski definition) is 3. The molecule has 3 N–H and O–H groups in total. The molecule has 0 spiro atoms. The van der Waals surface area contributed by atoms with Crippen LogP contribution in [0.2, 0.25) is 0 Å². The molecule has 1 fully saturated rings. The molecule has 104 valence electrons. The third kappa shape index (κ3) is 39.7. The number of esters is 1. The fraction of sp³-hybridized carbons (Fsp3) is 0.833. The van der Waals surface area contributed by atoms with Crippen molar-refractivity contribution in [2.75, 3.05) is 6.61 Å². The Morgan fingerprint density at radius 1 is 1.00 bits per heavy atom. The lowest BCUT2D eigenvalue weighted by molar-refractivity contribution is -0.140. The van der Waals surface area contributed by atoms with Crippen LogP contribution in [0.1, 0.15) is 59.3 Å². The van der Waals surface area contributed by atoms with E-state index in [1.807, 2.05) is 0 Å². The molecular weight excluding hydrogens is 224 g/mol. The second-order valence-corrected chi connectivity index (χ2v) is 3.56. The largest absolute Gasteiger partial charge is 0.481 e. The van der Waals surface area contributed by atoms with Crippen molar-refractivity contribution in [3.05, 3.63) is 0 Å². The topological polar surface area (TPSA) is 95.1 Å². The van der Waals surface area contributed by atoms with Gasteiger partial charge in [0, 0.05) is 13.8 Å². The van der Waals surface area contributed by atoms with Crippen molar-refractivity contribution in [2.24, 2.45) is 0 Å². The molecule has 17 heavy (non-hydrogen) atoms. The number of aliphatic carboxylic acids is 1. The Kier molecular flexibility index (Phi) is 21.6. The van der Waals surface area contributed by atoms with Crippen LogP contribution in [0, 0.1) is 0 Å². The first kappa shape index (κ1) is 21.2. The molecule has 0 aromatic rings. The molecule has 1 aliphatic rings. The lowest BCUT2D eigenvalue weighted by Gasteiger charge is -2.05. The molecule has 5 nitrogen and oxygen atoms in total. The highest BCUT2D eigenvalue weighted by Crippen LogP contribution is 2.15. The van der Waals surface area contributed by atoms with Gasteiger partial charge in [-0.15, -0.1) is 0 Å². The van der Waals surface area contributed by atoms with Crippen molar-refractivity contribution in [1.82, 2.24) is 0 Å². The smallest absolute Gasteiger partial charge is 0.302 e. The Bertz CT molecular complexity index is 160. The van der Waals surface area contributed by atoms with E-state index in [0.29, 0.717) is 6.61 Å². The van der Waals surface area contributed by atoms with Gasteiger partial charge in [0.2, 0.25) is 0 Å². The van der Waals surface area contributed by atoms with E-state index in [1.54, 1.807) is 6.92 Å². The van der Waals surface area contributed by atoms with E-state index in [9.17, 15) is 4.79 Å². The third-order valence-corrected chi connectivity index (χ3v) is 1.85. The average Bonchev–Trinajstić information content (AvgIpc) is 2.20. The predicted octanol–water partition coefficient (Wildman–Crippen LogP) is 2.18. The van der Waals surface area contributed by atoms with Gasteiger partial charge in [0.25, 0.3) is 5.97 Å². The quantitative estimate of drug-likeness (QED) is 0.721. The van der Waals surface area contributed by atoms with E-state index in [0.717, 1.165) is 6.92 Å². The van der Waals surface area contributed by atoms with Crippen molar-refractivity contribution in [3.63, 3.8) is 0 Å². The van der Waals surface area contributed by atoms with Gasteiger partial charge in [0.1, 0.15) is 0 Å². The number of ether oxygens (including phenoxy) is 1. The standard InChI is InChI=1S/C6H12.C4H8O2.C2H4O2.H2O/c1-2-4-6-5-3-1;1-3-6-4(2)5;1-2(3)4;/h1-6H2;3H2,1-2H3;1H3,(H,3,4);1H2. The van der Waals surface area contributed by atoms with Crippen molar-refractivity contribution >= 4 is 11.9 Å². The van der Waals surface area contributed by atoms with Gasteiger partial charge in [-0.25, -0.2) is 0 Å². The Labute approximate surface area is 103 Å². The van der Waals surface area contributed by atoms with Gasteiger partial charge in [-0.1, -0.05) is 38.5 Å². The third-order valence-electron chi connectivity index (χ3n) is 1.85. The summed E-state index contributed by atoms with van der Waals surface area (Å²) >= 11 is 0. The minimum Gasteiger partial charge on any atom is -0.481 e. The highest BCUT2D eigenvalue weighted by Gasteiger charge is 1.95. The summed E-state index contributed by atoms with van der Waals surface area (Å²) in [4.78, 5) is 18.8. The van der Waals surface area contributed by atoms with Gasteiger partial charge in [-0.2, -0.15) is 0 Å². The summed E-state index contributed by atoms with van der Waals surface area (Å²) in [6.45, 7) is 4.74. The first-order chi connectivity index (χ1) is 7.50. The fourth-order valence-corrected chi connectivity index (χ4v) is 1.26. The van der Waals surface area contributed by atoms with Crippen molar-refractivity contribution in [1.29, 1.82) is 0 Å². The molecule has 0 amide bonds. The summed E-state index contributed by atoms with van der Waals surface area (Å²) in [5.74, 6) is -1.04. The molecule has 1 aliphatic carbocycles. The molecule has 0 unspecified atom stereocenters. The van der Waals surface area contributed by atoms with Crippen LogP contribution in [0.5, 0.6) is 0 Å². The maximum absolute atomic E-state index is 9.82. The molecular formula is C12H26O5. The Hall–Kier alpha value is -1.10. The molecule has 0 heterocycles. The van der Waals surface area contributed by atoms with E-state index >= 15 is 0 Å². The SMILES string of the molecule is C1CCCCC1.CC(=O)O.CCOC(C)=O.O. The lowest BCUT2D eigenvalue weighted by atomic mass is 10.0. The Balaban J connectivity index is -0.000000172. The lowest BCUT2D eigenvalue weighted by Crippen LogP contribution is -1.95. The number of carbonyl (C=O) groups is 2. The second kappa shape index (κ2) is 17.3. The minimum atomic E-state index is -0.833. The molecule has 1 rings (SSSR count). The van der Waals surface area contributed by atoms with Crippen molar-refractivity contribution in [2.45, 2.75) is 59.3 Å². The molecule has 0 aliphatic heterocycles.